The summed E-state index contributed by atoms with van der Waals surface area (Å²) in [7, 11) is 0. The molecule has 0 saturated heterocycles. The van der Waals surface area contributed by atoms with Gasteiger partial charge in [0.15, 0.2) is 0 Å². The topological polar surface area (TPSA) is 131 Å². The second kappa shape index (κ2) is 11.8. The first-order valence-electron chi connectivity index (χ1n) is 7.57. The first kappa shape index (κ1) is 20.2. The zero-order chi connectivity index (χ0) is 17.0. The molecule has 128 valence electrons. The van der Waals surface area contributed by atoms with Gasteiger partial charge in [0.2, 0.25) is 5.91 Å². The highest BCUT2D eigenvalue weighted by molar-refractivity contribution is 5.86. The number of hydrogen-bond acceptors (Lipinski definition) is 5. The van der Waals surface area contributed by atoms with Crippen molar-refractivity contribution in [3.8, 4) is 0 Å². The summed E-state index contributed by atoms with van der Waals surface area (Å²) in [5, 5.41) is 13.6. The lowest BCUT2D eigenvalue weighted by Crippen LogP contribution is -2.47. The van der Waals surface area contributed by atoms with Crippen molar-refractivity contribution in [3.05, 3.63) is 0 Å². The van der Waals surface area contributed by atoms with Crippen LogP contribution >= 0.6 is 0 Å². The highest BCUT2D eigenvalue weighted by Gasteiger charge is 2.18. The Morgan fingerprint density at radius 2 is 1.91 bits per heavy atom. The summed E-state index contributed by atoms with van der Waals surface area (Å²) in [4.78, 5) is 33.4. The lowest BCUT2D eigenvalue weighted by molar-refractivity contribution is -0.141. The molecule has 0 heterocycles. The molecule has 0 aliphatic heterocycles. The van der Waals surface area contributed by atoms with Crippen LogP contribution in [0.3, 0.4) is 0 Å². The lowest BCUT2D eigenvalue weighted by atomic mass is 10.1. The highest BCUT2D eigenvalue weighted by atomic mass is 16.5. The highest BCUT2D eigenvalue weighted by Crippen LogP contribution is 1.99. The summed E-state index contributed by atoms with van der Waals surface area (Å²) in [5.74, 6) is -1.59. The number of carboxylic acids is 1. The van der Waals surface area contributed by atoms with E-state index < -0.39 is 30.1 Å². The van der Waals surface area contributed by atoms with Gasteiger partial charge in [-0.2, -0.15) is 0 Å². The normalized spacial score (nSPS) is 13.0. The summed E-state index contributed by atoms with van der Waals surface area (Å²) in [6.07, 6.45) is 3.10. The number of nitrogens with two attached hydrogens (primary N) is 1. The number of carboxylic acid groups (broad SMARTS) is 1. The van der Waals surface area contributed by atoms with E-state index in [1.807, 2.05) is 6.92 Å². The SMILES string of the molecule is CCCCOC(=O)NCCCC[C@H](N)C(=O)N[C@@H](C)C(=O)O. The number of nitrogens with one attached hydrogen (secondary N) is 2. The molecule has 0 fully saturated rings. The average molecular weight is 317 g/mol. The molecule has 0 spiro atoms. The van der Waals surface area contributed by atoms with Gasteiger partial charge in [-0.15, -0.1) is 0 Å². The van der Waals surface area contributed by atoms with E-state index in [-0.39, 0.29) is 0 Å². The Morgan fingerprint density at radius 3 is 2.50 bits per heavy atom. The molecule has 8 nitrogen and oxygen atoms in total. The van der Waals surface area contributed by atoms with Gasteiger partial charge in [0.25, 0.3) is 0 Å². The van der Waals surface area contributed by atoms with Gasteiger partial charge in [0.05, 0.1) is 12.6 Å². The van der Waals surface area contributed by atoms with Crippen molar-refractivity contribution in [2.24, 2.45) is 5.73 Å². The van der Waals surface area contributed by atoms with E-state index in [0.29, 0.717) is 32.4 Å². The van der Waals surface area contributed by atoms with Gasteiger partial charge in [-0.1, -0.05) is 13.3 Å². The van der Waals surface area contributed by atoms with Gasteiger partial charge in [0.1, 0.15) is 6.04 Å². The number of ether oxygens (including phenoxy) is 1. The Kier molecular flexibility index (Phi) is 10.8. The standard InChI is InChI=1S/C14H27N3O5/c1-3-4-9-22-14(21)16-8-6-5-7-11(15)12(18)17-10(2)13(19)20/h10-11H,3-9,15H2,1-2H3,(H,16,21)(H,17,18)(H,19,20)/t10-,11-/m0/s1. The predicted octanol–water partition coefficient (Wildman–Crippen LogP) is 0.600. The van der Waals surface area contributed by atoms with Crippen LogP contribution in [-0.4, -0.2) is 48.3 Å². The van der Waals surface area contributed by atoms with Gasteiger partial charge in [-0.25, -0.2) is 4.79 Å². The van der Waals surface area contributed by atoms with Crippen LogP contribution in [0, 0.1) is 0 Å². The Balaban J connectivity index is 3.67. The quantitative estimate of drug-likeness (QED) is 0.413. The summed E-state index contributed by atoms with van der Waals surface area (Å²) in [5.41, 5.74) is 5.67. The van der Waals surface area contributed by atoms with Crippen LogP contribution in [0.15, 0.2) is 0 Å². The minimum atomic E-state index is -1.11. The van der Waals surface area contributed by atoms with Gasteiger partial charge in [-0.05, 0) is 32.6 Å². The molecular formula is C14H27N3O5. The first-order valence-corrected chi connectivity index (χ1v) is 7.57. The van der Waals surface area contributed by atoms with E-state index in [2.05, 4.69) is 10.6 Å². The third-order valence-electron chi connectivity index (χ3n) is 3.01. The van der Waals surface area contributed by atoms with Crippen molar-refractivity contribution >= 4 is 18.0 Å². The molecule has 8 heteroatoms. The molecule has 0 bridgehead atoms. The van der Waals surface area contributed by atoms with Gasteiger partial charge < -0.3 is 26.2 Å². The largest absolute Gasteiger partial charge is 0.480 e. The fourth-order valence-electron chi connectivity index (χ4n) is 1.55. The van der Waals surface area contributed by atoms with Crippen molar-refractivity contribution in [2.45, 2.75) is 58.0 Å². The molecular weight excluding hydrogens is 290 g/mol. The second-order valence-corrected chi connectivity index (χ2v) is 5.09. The Hall–Kier alpha value is -1.83. The third kappa shape index (κ3) is 9.98. The first-order chi connectivity index (χ1) is 10.4. The molecule has 0 aromatic rings. The Labute approximate surface area is 130 Å². The zero-order valence-corrected chi connectivity index (χ0v) is 13.3. The van der Waals surface area contributed by atoms with Crippen LogP contribution in [-0.2, 0) is 14.3 Å². The summed E-state index contributed by atoms with van der Waals surface area (Å²) < 4.78 is 4.92. The van der Waals surface area contributed by atoms with Crippen molar-refractivity contribution in [3.63, 3.8) is 0 Å². The molecule has 0 aromatic carbocycles. The Bertz CT molecular complexity index is 362. The van der Waals surface area contributed by atoms with Crippen LogP contribution in [0.25, 0.3) is 0 Å². The summed E-state index contributed by atoms with van der Waals surface area (Å²) in [6, 6.07) is -1.71. The number of amides is 2. The number of carbonyl (C=O) groups excluding carboxylic acids is 2. The fourth-order valence-corrected chi connectivity index (χ4v) is 1.55. The number of alkyl carbamates (subject to hydrolysis) is 1. The van der Waals surface area contributed by atoms with Crippen molar-refractivity contribution in [1.29, 1.82) is 0 Å². The summed E-state index contributed by atoms with van der Waals surface area (Å²) in [6.45, 7) is 4.25. The zero-order valence-electron chi connectivity index (χ0n) is 13.3. The van der Waals surface area contributed by atoms with Crippen molar-refractivity contribution < 1.29 is 24.2 Å². The minimum absolute atomic E-state index is 0.412. The number of unbranched alkanes of at least 4 members (excludes halogenated alkanes) is 2. The molecule has 0 aliphatic rings. The van der Waals surface area contributed by atoms with Gasteiger partial charge in [0, 0.05) is 6.54 Å². The molecule has 0 aliphatic carbocycles. The molecule has 2 amide bonds. The number of hydrogen-bond donors (Lipinski definition) is 4. The maximum Gasteiger partial charge on any atom is 0.407 e. The van der Waals surface area contributed by atoms with Crippen molar-refractivity contribution in [1.82, 2.24) is 10.6 Å². The van der Waals surface area contributed by atoms with Gasteiger partial charge >= 0.3 is 12.1 Å². The molecule has 22 heavy (non-hydrogen) atoms. The second-order valence-electron chi connectivity index (χ2n) is 5.09. The van der Waals surface area contributed by atoms with E-state index in [4.69, 9.17) is 15.6 Å². The molecule has 2 atom stereocenters. The number of rotatable bonds is 11. The van der Waals surface area contributed by atoms with Crippen molar-refractivity contribution in [2.75, 3.05) is 13.2 Å². The lowest BCUT2D eigenvalue weighted by Gasteiger charge is -2.14. The van der Waals surface area contributed by atoms with Crippen LogP contribution in [0.4, 0.5) is 4.79 Å². The molecule has 0 rings (SSSR count). The molecule has 5 N–H and O–H groups in total. The molecule has 0 radical (unpaired) electrons. The molecule has 0 unspecified atom stereocenters. The minimum Gasteiger partial charge on any atom is -0.480 e. The van der Waals surface area contributed by atoms with Gasteiger partial charge in [-0.3, -0.25) is 9.59 Å². The van der Waals surface area contributed by atoms with E-state index in [9.17, 15) is 14.4 Å². The van der Waals surface area contributed by atoms with E-state index in [1.54, 1.807) is 0 Å². The van der Waals surface area contributed by atoms with E-state index in [0.717, 1.165) is 12.8 Å². The molecule has 0 aromatic heterocycles. The average Bonchev–Trinajstić information content (AvgIpc) is 2.46. The Morgan fingerprint density at radius 1 is 1.23 bits per heavy atom. The fraction of sp³-hybridized carbons (Fsp3) is 0.786. The maximum atomic E-state index is 11.6. The van der Waals surface area contributed by atoms with Crippen LogP contribution in [0.2, 0.25) is 0 Å². The van der Waals surface area contributed by atoms with Crippen LogP contribution in [0.1, 0.15) is 46.0 Å². The van der Waals surface area contributed by atoms with E-state index in [1.165, 1.54) is 6.92 Å². The maximum absolute atomic E-state index is 11.6. The predicted molar refractivity (Wildman–Crippen MR) is 81.3 cm³/mol. The number of aliphatic carboxylic acids is 1. The monoisotopic (exact) mass is 317 g/mol. The smallest absolute Gasteiger partial charge is 0.407 e. The van der Waals surface area contributed by atoms with E-state index >= 15 is 0 Å². The summed E-state index contributed by atoms with van der Waals surface area (Å²) >= 11 is 0. The van der Waals surface area contributed by atoms with Crippen LogP contribution < -0.4 is 16.4 Å². The number of carbonyl (C=O) groups is 3. The molecule has 0 saturated carbocycles. The third-order valence-corrected chi connectivity index (χ3v) is 3.01. The van der Waals surface area contributed by atoms with Crippen LogP contribution in [0.5, 0.6) is 0 Å².